The number of hydrazone groups is 1. The van der Waals surface area contributed by atoms with E-state index in [1.54, 1.807) is 12.1 Å². The van der Waals surface area contributed by atoms with E-state index in [4.69, 9.17) is 10.6 Å². The standard InChI is InChI=1S/C23H24F4IN7O/c1-2-19-14-36-9-8-34(19)21-20(24)11-28-22(33-21)35(29)31-13-17-6-7-18(12-30-17)32-16-5-3-4-15(10-16)23(25,26)27/h3-7,10-13,19,32H,2,8-9,14,29H2,1H3/b31-13+. The van der Waals surface area contributed by atoms with E-state index in [-0.39, 0.29) is 17.7 Å². The highest BCUT2D eigenvalue weighted by Gasteiger charge is 2.30. The number of rotatable bonds is 6. The quantitative estimate of drug-likeness (QED) is 0.160. The van der Waals surface area contributed by atoms with Crippen LogP contribution in [-0.2, 0) is 10.9 Å². The first-order valence-corrected chi connectivity index (χ1v) is 13.4. The molecular formula is C23H24F4IN7O. The summed E-state index contributed by atoms with van der Waals surface area (Å²) in [5.41, 5.74) is 0.530. The van der Waals surface area contributed by atoms with Crippen molar-refractivity contribution in [1.82, 2.24) is 15.0 Å². The van der Waals surface area contributed by atoms with Crippen molar-refractivity contribution in [1.29, 1.82) is 0 Å². The van der Waals surface area contributed by atoms with Gasteiger partial charge in [0.25, 0.3) is 0 Å². The molecule has 1 fully saturated rings. The van der Waals surface area contributed by atoms with Crippen LogP contribution in [-0.4, -0.2) is 56.6 Å². The number of alkyl halides is 3. The fourth-order valence-electron chi connectivity index (χ4n) is 3.55. The summed E-state index contributed by atoms with van der Waals surface area (Å²) in [4.78, 5) is 10.6. The third-order valence-corrected chi connectivity index (χ3v) is 7.55. The number of ether oxygens (including phenoxy) is 1. The van der Waals surface area contributed by atoms with E-state index < -0.39 is 32.5 Å². The van der Waals surface area contributed by atoms with Crippen molar-refractivity contribution < 1.29 is 22.3 Å². The molecule has 0 saturated carbocycles. The van der Waals surface area contributed by atoms with E-state index in [0.29, 0.717) is 40.6 Å². The highest BCUT2D eigenvalue weighted by molar-refractivity contribution is 14.2. The number of pyridine rings is 1. The predicted octanol–water partition coefficient (Wildman–Crippen LogP) is 4.75. The molecule has 8 nitrogen and oxygen atoms in total. The lowest BCUT2D eigenvalue weighted by Gasteiger charge is -2.37. The van der Waals surface area contributed by atoms with E-state index in [1.165, 1.54) is 28.6 Å². The molecule has 3 heterocycles. The van der Waals surface area contributed by atoms with Gasteiger partial charge in [0.15, 0.2) is 15.4 Å². The van der Waals surface area contributed by atoms with Crippen molar-refractivity contribution in [3.05, 3.63) is 63.8 Å². The van der Waals surface area contributed by atoms with Crippen LogP contribution in [0.1, 0.15) is 24.6 Å². The van der Waals surface area contributed by atoms with Gasteiger partial charge in [0.05, 0.1) is 48.6 Å². The van der Waals surface area contributed by atoms with Crippen LogP contribution >= 0.6 is 20.7 Å². The molecule has 1 aromatic heterocycles. The third kappa shape index (κ3) is 6.44. The minimum Gasteiger partial charge on any atom is -0.377 e. The summed E-state index contributed by atoms with van der Waals surface area (Å²) in [6.45, 7) is 3.58. The van der Waals surface area contributed by atoms with Gasteiger partial charge in [-0.05, 0) is 57.5 Å². The maximum atomic E-state index is 14.6. The van der Waals surface area contributed by atoms with Gasteiger partial charge < -0.3 is 15.0 Å². The van der Waals surface area contributed by atoms with Crippen LogP contribution in [0.4, 0.5) is 28.9 Å². The zero-order valence-electron chi connectivity index (χ0n) is 19.2. The summed E-state index contributed by atoms with van der Waals surface area (Å²) in [6, 6.07) is 8.24. The molecule has 3 N–H and O–H groups in total. The summed E-state index contributed by atoms with van der Waals surface area (Å²) in [5.74, 6) is 5.97. The van der Waals surface area contributed by atoms with Gasteiger partial charge in [-0.1, -0.05) is 13.0 Å². The van der Waals surface area contributed by atoms with Crippen molar-refractivity contribution in [3.8, 4) is 0 Å². The Bertz CT molecular complexity index is 1200. The highest BCUT2D eigenvalue weighted by Crippen LogP contribution is 2.31. The highest BCUT2D eigenvalue weighted by atomic mass is 127. The van der Waals surface area contributed by atoms with Crippen LogP contribution in [0.5, 0.6) is 0 Å². The number of anilines is 2. The Morgan fingerprint density at radius 3 is 2.86 bits per heavy atom. The molecule has 4 rings (SSSR count). The Morgan fingerprint density at radius 2 is 2.14 bits per heavy atom. The minimum atomic E-state index is -4.42. The molecule has 2 aliphatic heterocycles. The second kappa shape index (κ2) is 11.4. The number of hydrogen-bond acceptors (Lipinski definition) is 8. The Balaban J connectivity index is 1.42. The summed E-state index contributed by atoms with van der Waals surface area (Å²) >= 11 is -0.918. The molecule has 2 aliphatic rings. The van der Waals surface area contributed by atoms with E-state index in [0.717, 1.165) is 23.7 Å². The topological polar surface area (TPSA) is 91.4 Å². The van der Waals surface area contributed by atoms with Crippen LogP contribution in [0, 0.1) is 0 Å². The van der Waals surface area contributed by atoms with Crippen LogP contribution in [0.25, 0.3) is 0 Å². The fourth-order valence-corrected chi connectivity index (χ4v) is 5.16. The Hall–Kier alpha value is -2.91. The van der Waals surface area contributed by atoms with Gasteiger partial charge in [0.2, 0.25) is 0 Å². The predicted molar refractivity (Wildman–Crippen MR) is 140 cm³/mol. The second-order valence-corrected chi connectivity index (χ2v) is 10.1. The Morgan fingerprint density at radius 1 is 1.31 bits per heavy atom. The van der Waals surface area contributed by atoms with Gasteiger partial charge in [-0.25, -0.2) is 15.2 Å². The van der Waals surface area contributed by atoms with E-state index in [1.807, 2.05) is 11.8 Å². The smallest absolute Gasteiger partial charge is 0.377 e. The first kappa shape index (κ1) is 26.2. The maximum Gasteiger partial charge on any atom is 0.416 e. The monoisotopic (exact) mass is 617 g/mol. The largest absolute Gasteiger partial charge is 0.416 e. The summed E-state index contributed by atoms with van der Waals surface area (Å²) in [5, 5.41) is 8.19. The van der Waals surface area contributed by atoms with Gasteiger partial charge >= 0.3 is 6.18 Å². The van der Waals surface area contributed by atoms with Gasteiger partial charge in [0, 0.05) is 16.3 Å². The number of amidine groups is 1. The molecule has 1 unspecified atom stereocenters. The first-order chi connectivity index (χ1) is 17.2. The zero-order valence-corrected chi connectivity index (χ0v) is 21.4. The van der Waals surface area contributed by atoms with E-state index >= 15 is 0 Å². The lowest BCUT2D eigenvalue weighted by Crippen LogP contribution is -2.49. The number of benzene rings is 1. The Kier molecular flexibility index (Phi) is 8.31. The molecule has 0 radical (unpaired) electrons. The van der Waals surface area contributed by atoms with Crippen molar-refractivity contribution in [2.24, 2.45) is 15.9 Å². The molecule has 1 aromatic carbocycles. The number of morpholine rings is 1. The SMILES string of the molecule is CCC1COCCN1C1=NC(N(N)/N=C/c2ccc(Nc3cccc(C(F)(F)F)c3)cn2)=IC=C1F. The van der Waals surface area contributed by atoms with Crippen LogP contribution < -0.4 is 11.2 Å². The third-order valence-electron chi connectivity index (χ3n) is 5.40. The number of halogens is 5. The van der Waals surface area contributed by atoms with E-state index in [2.05, 4.69) is 20.4 Å². The molecule has 1 saturated heterocycles. The van der Waals surface area contributed by atoms with Crippen LogP contribution in [0.15, 0.2) is 62.6 Å². The molecule has 0 spiro atoms. The van der Waals surface area contributed by atoms with Gasteiger partial charge in [-0.3, -0.25) is 4.98 Å². The number of hydrazine groups is 1. The molecule has 2 aromatic rings. The molecule has 13 heteroatoms. The van der Waals surface area contributed by atoms with Crippen LogP contribution in [0.2, 0.25) is 0 Å². The molecule has 0 bridgehead atoms. The maximum absolute atomic E-state index is 14.6. The van der Waals surface area contributed by atoms with E-state index in [9.17, 15) is 17.6 Å². The van der Waals surface area contributed by atoms with Gasteiger partial charge in [-0.2, -0.15) is 23.4 Å². The minimum absolute atomic E-state index is 0.0381. The normalized spacial score (nSPS) is 18.8. The van der Waals surface area contributed by atoms with Gasteiger partial charge in [0.1, 0.15) is 0 Å². The molecular weight excluding hydrogens is 593 g/mol. The average Bonchev–Trinajstić information content (AvgIpc) is 2.88. The number of nitrogens with one attached hydrogen (secondary N) is 1. The van der Waals surface area contributed by atoms with Crippen LogP contribution in [0.3, 0.4) is 0 Å². The Labute approximate surface area is 215 Å². The second-order valence-electron chi connectivity index (χ2n) is 7.87. The number of hydrogen-bond donors (Lipinski definition) is 2. The van der Waals surface area contributed by atoms with Crippen molar-refractivity contribution in [3.63, 3.8) is 0 Å². The van der Waals surface area contributed by atoms with Gasteiger partial charge in [-0.15, -0.1) is 0 Å². The zero-order chi connectivity index (χ0) is 25.7. The summed E-state index contributed by atoms with van der Waals surface area (Å²) in [6.07, 6.45) is -0.722. The number of aliphatic imine (C=N–C) groups is 1. The average molecular weight is 617 g/mol. The number of nitrogens with two attached hydrogens (primary N) is 1. The number of aromatic nitrogens is 1. The molecule has 0 amide bonds. The van der Waals surface area contributed by atoms with Crippen molar-refractivity contribution in [2.75, 3.05) is 25.1 Å². The summed E-state index contributed by atoms with van der Waals surface area (Å²) in [7, 11) is 0. The first-order valence-electron chi connectivity index (χ1n) is 11.0. The molecule has 192 valence electrons. The molecule has 0 aliphatic carbocycles. The van der Waals surface area contributed by atoms with Crippen molar-refractivity contribution >= 4 is 47.9 Å². The molecule has 36 heavy (non-hydrogen) atoms. The lowest BCUT2D eigenvalue weighted by atomic mass is 10.1. The number of nitrogens with zero attached hydrogens (tertiary/aromatic N) is 5. The lowest BCUT2D eigenvalue weighted by molar-refractivity contribution is -0.137. The van der Waals surface area contributed by atoms with Crippen molar-refractivity contribution in [2.45, 2.75) is 25.6 Å². The fraction of sp³-hybridized carbons (Fsp3) is 0.304. The summed E-state index contributed by atoms with van der Waals surface area (Å²) < 4.78 is 60.8. The molecule has 1 atom stereocenters.